The largest absolute Gasteiger partial charge is 0.425 e. The van der Waals surface area contributed by atoms with Gasteiger partial charge in [-0.05, 0) is 26.3 Å². The smallest absolute Gasteiger partial charge is 0.146 e. The van der Waals surface area contributed by atoms with Crippen LogP contribution in [0.3, 0.4) is 0 Å². The van der Waals surface area contributed by atoms with E-state index in [0.29, 0.717) is 19.2 Å². The molecule has 0 aliphatic rings. The lowest BCUT2D eigenvalue weighted by Gasteiger charge is -2.20. The van der Waals surface area contributed by atoms with E-state index in [-0.39, 0.29) is 13.2 Å². The van der Waals surface area contributed by atoms with Crippen LogP contribution in [0.15, 0.2) is 0 Å². The van der Waals surface area contributed by atoms with Gasteiger partial charge in [-0.2, -0.15) is 0 Å². The van der Waals surface area contributed by atoms with Crippen molar-refractivity contribution in [1.82, 2.24) is 4.90 Å². The van der Waals surface area contributed by atoms with Crippen molar-refractivity contribution in [3.8, 4) is 0 Å². The fourth-order valence-corrected chi connectivity index (χ4v) is 1.57. The van der Waals surface area contributed by atoms with Crippen molar-refractivity contribution in [2.45, 2.75) is 25.9 Å². The molecule has 0 saturated carbocycles. The number of rotatable bonds is 9. The molecule has 0 bridgehead atoms. The lowest BCUT2D eigenvalue weighted by atomic mass is 10.2. The number of hydrogen-bond acceptors (Lipinski definition) is 4. The summed E-state index contributed by atoms with van der Waals surface area (Å²) in [4.78, 5) is 2.07. The number of nitrogens with zero attached hydrogens (tertiary/aromatic N) is 1. The first-order chi connectivity index (χ1) is 6.74. The topological polar surface area (TPSA) is 52.9 Å². The Labute approximate surface area is 89.4 Å². The van der Waals surface area contributed by atoms with Crippen LogP contribution in [0, 0.1) is 0 Å². The third-order valence-electron chi connectivity index (χ3n) is 2.32. The van der Waals surface area contributed by atoms with Gasteiger partial charge in [0.2, 0.25) is 0 Å². The third-order valence-corrected chi connectivity index (χ3v) is 3.12. The monoisotopic (exact) mass is 221 g/mol. The van der Waals surface area contributed by atoms with E-state index in [0.717, 1.165) is 29.9 Å². The minimum atomic E-state index is 0.159. The molecule has 0 fully saturated rings. The maximum atomic E-state index is 8.78. The van der Waals surface area contributed by atoms with Crippen LogP contribution < -0.4 is 0 Å². The standard InChI is InChI=1S/C9H23NO3Si/c1-9(13-14)3-2-4-10(5-7-11)6-8-12/h9,11-12H,2-8H2,1,14H3. The highest BCUT2D eigenvalue weighted by atomic mass is 28.2. The molecular formula is C9H23NO3Si. The molecule has 86 valence electrons. The van der Waals surface area contributed by atoms with Gasteiger partial charge in [0.1, 0.15) is 10.5 Å². The van der Waals surface area contributed by atoms with Gasteiger partial charge in [0.25, 0.3) is 0 Å². The van der Waals surface area contributed by atoms with Gasteiger partial charge in [-0.1, -0.05) is 0 Å². The van der Waals surface area contributed by atoms with Crippen LogP contribution in [0.5, 0.6) is 0 Å². The van der Waals surface area contributed by atoms with E-state index >= 15 is 0 Å². The fourth-order valence-electron chi connectivity index (χ4n) is 1.34. The molecule has 0 aliphatic heterocycles. The van der Waals surface area contributed by atoms with Crippen LogP contribution in [0.1, 0.15) is 19.8 Å². The SMILES string of the molecule is CC(CCCN(CCO)CCO)O[SiH3]. The molecule has 0 radical (unpaired) electrons. The number of hydrogen-bond donors (Lipinski definition) is 2. The van der Waals surface area contributed by atoms with Gasteiger partial charge in [0, 0.05) is 19.2 Å². The zero-order chi connectivity index (χ0) is 10.8. The number of aliphatic hydroxyl groups is 2. The van der Waals surface area contributed by atoms with E-state index in [2.05, 4.69) is 11.8 Å². The zero-order valence-electron chi connectivity index (χ0n) is 9.28. The molecule has 1 unspecified atom stereocenters. The maximum Gasteiger partial charge on any atom is 0.146 e. The predicted molar refractivity (Wildman–Crippen MR) is 60.3 cm³/mol. The first-order valence-electron chi connectivity index (χ1n) is 5.21. The van der Waals surface area contributed by atoms with Crippen LogP contribution in [-0.2, 0) is 4.43 Å². The van der Waals surface area contributed by atoms with Gasteiger partial charge >= 0.3 is 0 Å². The van der Waals surface area contributed by atoms with Crippen molar-refractivity contribution < 1.29 is 14.6 Å². The predicted octanol–water partition coefficient (Wildman–Crippen LogP) is -1.26. The van der Waals surface area contributed by atoms with Crippen molar-refractivity contribution >= 4 is 10.5 Å². The average molecular weight is 221 g/mol. The second-order valence-electron chi connectivity index (χ2n) is 3.48. The van der Waals surface area contributed by atoms with Crippen molar-refractivity contribution in [2.75, 3.05) is 32.8 Å². The molecule has 0 aliphatic carbocycles. The lowest BCUT2D eigenvalue weighted by Crippen LogP contribution is -2.31. The molecule has 0 heterocycles. The zero-order valence-corrected chi connectivity index (χ0v) is 11.3. The highest BCUT2D eigenvalue weighted by Crippen LogP contribution is 2.01. The summed E-state index contributed by atoms with van der Waals surface area (Å²) in [6, 6.07) is 0. The molecule has 0 aromatic rings. The maximum absolute atomic E-state index is 8.78. The van der Waals surface area contributed by atoms with Gasteiger partial charge < -0.3 is 14.6 Å². The Hall–Kier alpha value is 0.0569. The Morgan fingerprint density at radius 1 is 1.21 bits per heavy atom. The van der Waals surface area contributed by atoms with Crippen LogP contribution >= 0.6 is 0 Å². The summed E-state index contributed by atoms with van der Waals surface area (Å²) in [5, 5.41) is 17.6. The van der Waals surface area contributed by atoms with E-state index < -0.39 is 0 Å². The van der Waals surface area contributed by atoms with Crippen LogP contribution in [0.2, 0.25) is 0 Å². The minimum absolute atomic E-state index is 0.159. The van der Waals surface area contributed by atoms with Crippen molar-refractivity contribution in [3.05, 3.63) is 0 Å². The van der Waals surface area contributed by atoms with E-state index in [1.165, 1.54) is 0 Å². The summed E-state index contributed by atoms with van der Waals surface area (Å²) in [5.74, 6) is 0. The Kier molecular flexibility index (Phi) is 9.64. The highest BCUT2D eigenvalue weighted by Gasteiger charge is 2.04. The molecule has 0 rings (SSSR count). The Morgan fingerprint density at radius 2 is 1.79 bits per heavy atom. The second-order valence-corrected chi connectivity index (χ2v) is 3.95. The quantitative estimate of drug-likeness (QED) is 0.477. The van der Waals surface area contributed by atoms with Crippen LogP contribution in [0.4, 0.5) is 0 Å². The Morgan fingerprint density at radius 3 is 2.21 bits per heavy atom. The van der Waals surface area contributed by atoms with Crippen LogP contribution in [0.25, 0.3) is 0 Å². The first-order valence-corrected chi connectivity index (χ1v) is 6.03. The van der Waals surface area contributed by atoms with Crippen molar-refractivity contribution in [2.24, 2.45) is 0 Å². The summed E-state index contributed by atoms with van der Waals surface area (Å²) >= 11 is 0. The third kappa shape index (κ3) is 7.46. The second kappa shape index (κ2) is 9.61. The Balaban J connectivity index is 3.49. The van der Waals surface area contributed by atoms with Gasteiger partial charge in [-0.15, -0.1) is 0 Å². The van der Waals surface area contributed by atoms with E-state index in [4.69, 9.17) is 14.6 Å². The molecule has 2 N–H and O–H groups in total. The molecule has 0 amide bonds. The summed E-state index contributed by atoms with van der Waals surface area (Å²) in [6.45, 7) is 4.62. The molecule has 14 heavy (non-hydrogen) atoms. The van der Waals surface area contributed by atoms with E-state index in [1.807, 2.05) is 0 Å². The van der Waals surface area contributed by atoms with Gasteiger partial charge in [0.05, 0.1) is 13.2 Å². The number of aliphatic hydroxyl groups excluding tert-OH is 2. The summed E-state index contributed by atoms with van der Waals surface area (Å²) in [5.41, 5.74) is 0. The van der Waals surface area contributed by atoms with Crippen LogP contribution in [-0.4, -0.2) is 64.6 Å². The van der Waals surface area contributed by atoms with Gasteiger partial charge in [-0.3, -0.25) is 4.90 Å². The Bertz CT molecular complexity index is 121. The summed E-state index contributed by atoms with van der Waals surface area (Å²) < 4.78 is 5.27. The van der Waals surface area contributed by atoms with Gasteiger partial charge in [-0.25, -0.2) is 0 Å². The fraction of sp³-hybridized carbons (Fsp3) is 1.00. The molecule has 1 atom stereocenters. The first kappa shape index (κ1) is 14.1. The highest BCUT2D eigenvalue weighted by molar-refractivity contribution is 5.98. The van der Waals surface area contributed by atoms with E-state index in [1.54, 1.807) is 0 Å². The molecule has 5 heteroatoms. The van der Waals surface area contributed by atoms with Crippen molar-refractivity contribution in [1.29, 1.82) is 0 Å². The van der Waals surface area contributed by atoms with E-state index in [9.17, 15) is 0 Å². The molecule has 0 spiro atoms. The normalized spacial score (nSPS) is 13.7. The van der Waals surface area contributed by atoms with Gasteiger partial charge in [0.15, 0.2) is 0 Å². The summed E-state index contributed by atoms with van der Waals surface area (Å²) in [6.07, 6.45) is 2.46. The minimum Gasteiger partial charge on any atom is -0.425 e. The molecule has 0 saturated heterocycles. The molecular weight excluding hydrogens is 198 g/mol. The van der Waals surface area contributed by atoms with Crippen molar-refractivity contribution in [3.63, 3.8) is 0 Å². The molecule has 0 aromatic carbocycles. The summed E-state index contributed by atoms with van der Waals surface area (Å²) in [7, 11) is 0.795. The lowest BCUT2D eigenvalue weighted by molar-refractivity contribution is 0.151. The molecule has 4 nitrogen and oxygen atoms in total. The average Bonchev–Trinajstić information content (AvgIpc) is 2.18. The molecule has 0 aromatic heterocycles.